The molecule has 0 unspecified atom stereocenters. The molecule has 7 nitrogen and oxygen atoms in total. The Balaban J connectivity index is 1.32. The normalized spacial score (nSPS) is 10.8. The monoisotopic (exact) mass is 487 g/mol. The molecule has 0 aliphatic carbocycles. The number of thioether (sulfide) groups is 1. The molecule has 29 heavy (non-hydrogen) atoms. The summed E-state index contributed by atoms with van der Waals surface area (Å²) in [7, 11) is 0. The van der Waals surface area contributed by atoms with Crippen molar-refractivity contribution in [1.29, 1.82) is 0 Å². The molecule has 0 aliphatic heterocycles. The number of nitrogens with one attached hydrogen (secondary N) is 1. The van der Waals surface area contributed by atoms with E-state index in [4.69, 9.17) is 4.42 Å². The van der Waals surface area contributed by atoms with E-state index in [-0.39, 0.29) is 5.91 Å². The van der Waals surface area contributed by atoms with Crippen molar-refractivity contribution >= 4 is 44.9 Å². The third-order valence-electron chi connectivity index (χ3n) is 3.75. The zero-order chi connectivity index (χ0) is 20.1. The van der Waals surface area contributed by atoms with Gasteiger partial charge in [0.05, 0.1) is 5.75 Å². The van der Waals surface area contributed by atoms with E-state index >= 15 is 0 Å². The minimum atomic E-state index is -0.239. The maximum Gasteiger partial charge on any atom is 0.282 e. The number of nitrogens with zero attached hydrogens (tertiary/aromatic N) is 4. The van der Waals surface area contributed by atoms with Crippen LogP contribution < -0.4 is 5.32 Å². The first-order valence-corrected chi connectivity index (χ1v) is 11.1. The molecule has 2 aromatic carbocycles. The summed E-state index contributed by atoms with van der Waals surface area (Å²) in [6.45, 7) is 0.448. The Bertz CT molecular complexity index is 1120. The van der Waals surface area contributed by atoms with Gasteiger partial charge in [-0.15, -0.1) is 20.4 Å². The molecule has 146 valence electrons. The van der Waals surface area contributed by atoms with Crippen LogP contribution in [0.25, 0.3) is 11.5 Å². The molecule has 0 radical (unpaired) electrons. The van der Waals surface area contributed by atoms with Crippen LogP contribution in [0.3, 0.4) is 0 Å². The fourth-order valence-corrected chi connectivity index (χ4v) is 4.29. The lowest BCUT2D eigenvalue weighted by Gasteiger charge is -2.01. The van der Waals surface area contributed by atoms with E-state index in [2.05, 4.69) is 41.6 Å². The van der Waals surface area contributed by atoms with Crippen LogP contribution in [0.2, 0.25) is 0 Å². The molecule has 2 heterocycles. The fraction of sp³-hybridized carbons (Fsp3) is 0.105. The summed E-state index contributed by atoms with van der Waals surface area (Å²) < 4.78 is 6.62. The van der Waals surface area contributed by atoms with E-state index in [1.54, 1.807) is 0 Å². The Labute approximate surface area is 183 Å². The van der Waals surface area contributed by atoms with E-state index < -0.39 is 0 Å². The van der Waals surface area contributed by atoms with Crippen LogP contribution in [0.4, 0.5) is 0 Å². The van der Waals surface area contributed by atoms with E-state index in [9.17, 15) is 4.79 Å². The fourth-order valence-electron chi connectivity index (χ4n) is 2.39. The molecule has 0 aliphatic rings. The topological polar surface area (TPSA) is 93.8 Å². The molecule has 0 bridgehead atoms. The highest BCUT2D eigenvalue weighted by molar-refractivity contribution is 9.10. The van der Waals surface area contributed by atoms with Gasteiger partial charge in [0.1, 0.15) is 5.01 Å². The van der Waals surface area contributed by atoms with Crippen molar-refractivity contribution in [2.24, 2.45) is 0 Å². The van der Waals surface area contributed by atoms with Gasteiger partial charge in [0.2, 0.25) is 10.9 Å². The third-order valence-corrected chi connectivity index (χ3v) is 6.18. The summed E-state index contributed by atoms with van der Waals surface area (Å²) in [6.07, 6.45) is 0. The lowest BCUT2D eigenvalue weighted by molar-refractivity contribution is 0.0950. The van der Waals surface area contributed by atoms with Crippen molar-refractivity contribution in [2.75, 3.05) is 0 Å². The molecule has 10 heteroatoms. The maximum absolute atomic E-state index is 12.2. The van der Waals surface area contributed by atoms with Crippen LogP contribution in [0.5, 0.6) is 0 Å². The van der Waals surface area contributed by atoms with Crippen LogP contribution in [0, 0.1) is 0 Å². The van der Waals surface area contributed by atoms with Crippen molar-refractivity contribution in [2.45, 2.75) is 17.5 Å². The number of amides is 1. The molecule has 1 N–H and O–H groups in total. The standard InChI is InChI=1S/C19H14BrN5O2S2/c20-14-8-4-7-13(9-14)17-23-25-19(27-17)28-11-15-22-24-18(29-15)16(26)21-10-12-5-2-1-3-6-12/h1-9H,10-11H2,(H,21,26). The molecule has 4 aromatic rings. The van der Waals surface area contributed by atoms with E-state index in [0.717, 1.165) is 15.6 Å². The number of carbonyl (C=O) groups excluding carboxylic acids is 1. The molecule has 0 fully saturated rings. The van der Waals surface area contributed by atoms with Crippen molar-refractivity contribution < 1.29 is 9.21 Å². The van der Waals surface area contributed by atoms with Gasteiger partial charge in [0, 0.05) is 16.6 Å². The Kier molecular flexibility index (Phi) is 6.33. The zero-order valence-corrected chi connectivity index (χ0v) is 18.1. The number of benzene rings is 2. The van der Waals surface area contributed by atoms with Crippen LogP contribution in [-0.4, -0.2) is 26.3 Å². The van der Waals surface area contributed by atoms with Crippen molar-refractivity contribution in [3.8, 4) is 11.5 Å². The quantitative estimate of drug-likeness (QED) is 0.381. The van der Waals surface area contributed by atoms with Gasteiger partial charge in [0.15, 0.2) is 0 Å². The Morgan fingerprint density at radius 3 is 2.76 bits per heavy atom. The molecular formula is C19H14BrN5O2S2. The van der Waals surface area contributed by atoms with Gasteiger partial charge < -0.3 is 9.73 Å². The number of rotatable bonds is 7. The molecule has 0 saturated heterocycles. The second-order valence-corrected chi connectivity index (χ2v) is 8.75. The summed E-state index contributed by atoms with van der Waals surface area (Å²) in [6, 6.07) is 17.4. The molecule has 4 rings (SSSR count). The summed E-state index contributed by atoms with van der Waals surface area (Å²) in [5.74, 6) is 0.702. The second kappa shape index (κ2) is 9.29. The van der Waals surface area contributed by atoms with E-state index in [1.165, 1.54) is 23.1 Å². The van der Waals surface area contributed by atoms with Gasteiger partial charge in [-0.1, -0.05) is 75.4 Å². The number of halogens is 1. The SMILES string of the molecule is O=C(NCc1ccccc1)c1nnc(CSc2nnc(-c3cccc(Br)c3)o2)s1. The summed E-state index contributed by atoms with van der Waals surface area (Å²) in [4.78, 5) is 12.2. The Morgan fingerprint density at radius 2 is 1.93 bits per heavy atom. The van der Waals surface area contributed by atoms with Crippen molar-refractivity contribution in [3.05, 3.63) is 74.6 Å². The highest BCUT2D eigenvalue weighted by atomic mass is 79.9. The Morgan fingerprint density at radius 1 is 1.07 bits per heavy atom. The summed E-state index contributed by atoms with van der Waals surface area (Å²) in [5, 5.41) is 20.5. The molecule has 1 amide bonds. The largest absolute Gasteiger partial charge is 0.411 e. The van der Waals surface area contributed by atoms with Gasteiger partial charge >= 0.3 is 0 Å². The van der Waals surface area contributed by atoms with Gasteiger partial charge in [-0.25, -0.2) is 0 Å². The highest BCUT2D eigenvalue weighted by Crippen LogP contribution is 2.27. The molecule has 0 saturated carbocycles. The minimum Gasteiger partial charge on any atom is -0.411 e. The minimum absolute atomic E-state index is 0.239. The molecule has 2 aromatic heterocycles. The lowest BCUT2D eigenvalue weighted by atomic mass is 10.2. The molecule has 0 spiro atoms. The predicted octanol–water partition coefficient (Wildman–Crippen LogP) is 4.57. The first-order chi connectivity index (χ1) is 14.2. The third kappa shape index (κ3) is 5.28. The second-order valence-electron chi connectivity index (χ2n) is 5.84. The first kappa shape index (κ1) is 19.7. The predicted molar refractivity (Wildman–Crippen MR) is 115 cm³/mol. The molecular weight excluding hydrogens is 474 g/mol. The number of aromatic nitrogens is 4. The van der Waals surface area contributed by atoms with Crippen LogP contribution in [0.15, 0.2) is 68.7 Å². The Hall–Kier alpha value is -2.56. The average Bonchev–Trinajstić information content (AvgIpc) is 3.41. The van der Waals surface area contributed by atoms with Gasteiger partial charge in [-0.3, -0.25) is 4.79 Å². The lowest BCUT2D eigenvalue weighted by Crippen LogP contribution is -2.22. The number of hydrogen-bond donors (Lipinski definition) is 1. The maximum atomic E-state index is 12.2. The summed E-state index contributed by atoms with van der Waals surface area (Å²) in [5.41, 5.74) is 1.87. The van der Waals surface area contributed by atoms with E-state index in [0.29, 0.717) is 33.4 Å². The van der Waals surface area contributed by atoms with Crippen LogP contribution in [0.1, 0.15) is 20.4 Å². The van der Waals surface area contributed by atoms with Crippen molar-refractivity contribution in [3.63, 3.8) is 0 Å². The number of hydrogen-bond acceptors (Lipinski definition) is 8. The van der Waals surface area contributed by atoms with E-state index in [1.807, 2.05) is 54.6 Å². The smallest absolute Gasteiger partial charge is 0.282 e. The number of carbonyl (C=O) groups is 1. The first-order valence-electron chi connectivity index (χ1n) is 8.54. The van der Waals surface area contributed by atoms with Crippen molar-refractivity contribution in [1.82, 2.24) is 25.7 Å². The average molecular weight is 488 g/mol. The summed E-state index contributed by atoms with van der Waals surface area (Å²) >= 11 is 6.03. The zero-order valence-electron chi connectivity index (χ0n) is 14.9. The van der Waals surface area contributed by atoms with Crippen LogP contribution in [-0.2, 0) is 12.3 Å². The van der Waals surface area contributed by atoms with Crippen LogP contribution >= 0.6 is 39.0 Å². The molecule has 0 atom stereocenters. The van der Waals surface area contributed by atoms with Gasteiger partial charge in [0.25, 0.3) is 11.1 Å². The van der Waals surface area contributed by atoms with Gasteiger partial charge in [-0.05, 0) is 23.8 Å². The highest BCUT2D eigenvalue weighted by Gasteiger charge is 2.15. The van der Waals surface area contributed by atoms with Gasteiger partial charge in [-0.2, -0.15) is 0 Å².